The maximum Gasteiger partial charge on any atom is 0.242 e. The maximum atomic E-state index is 13.5. The molecule has 1 aliphatic rings. The molecule has 0 saturated carbocycles. The van der Waals surface area contributed by atoms with Crippen LogP contribution in [0.4, 0.5) is 5.69 Å². The number of hydrogen-bond donors (Lipinski definition) is 2. The minimum absolute atomic E-state index is 0.0124. The lowest BCUT2D eigenvalue weighted by molar-refractivity contribution is -0.134. The van der Waals surface area contributed by atoms with Crippen molar-refractivity contribution in [2.45, 2.75) is 43.7 Å². The van der Waals surface area contributed by atoms with Gasteiger partial charge in [0.1, 0.15) is 17.6 Å². The highest BCUT2D eigenvalue weighted by molar-refractivity contribution is 7.89. The number of methoxy groups -OCH3 is 1. The third-order valence-electron chi connectivity index (χ3n) is 7.61. The molecule has 3 atom stereocenters. The van der Waals surface area contributed by atoms with Gasteiger partial charge in [0, 0.05) is 30.8 Å². The number of hydrogen-bond acceptors (Lipinski definition) is 7. The van der Waals surface area contributed by atoms with Gasteiger partial charge in [-0.05, 0) is 55.0 Å². The third kappa shape index (κ3) is 7.92. The minimum atomic E-state index is -3.86. The van der Waals surface area contributed by atoms with Gasteiger partial charge in [0.15, 0.2) is 0 Å². The maximum absolute atomic E-state index is 13.5. The number of sulfonamides is 1. The Hall–Kier alpha value is -3.93. The Kier molecular flexibility index (Phi) is 10.4. The van der Waals surface area contributed by atoms with Crippen LogP contribution in [0.1, 0.15) is 25.0 Å². The van der Waals surface area contributed by atoms with Gasteiger partial charge in [-0.1, -0.05) is 37.3 Å². The van der Waals surface area contributed by atoms with Gasteiger partial charge in [-0.15, -0.1) is 0 Å². The van der Waals surface area contributed by atoms with Crippen LogP contribution in [-0.4, -0.2) is 80.5 Å². The Balaban J connectivity index is 1.61. The monoisotopic (exact) mass is 609 g/mol. The van der Waals surface area contributed by atoms with Crippen LogP contribution in [0, 0.1) is 5.92 Å². The smallest absolute Gasteiger partial charge is 0.242 e. The van der Waals surface area contributed by atoms with Crippen LogP contribution in [0.25, 0.3) is 0 Å². The van der Waals surface area contributed by atoms with E-state index in [-0.39, 0.29) is 55.2 Å². The lowest BCUT2D eigenvalue weighted by Crippen LogP contribution is -2.48. The van der Waals surface area contributed by atoms with Crippen LogP contribution >= 0.6 is 0 Å². The topological polar surface area (TPSA) is 125 Å². The van der Waals surface area contributed by atoms with Crippen molar-refractivity contribution in [2.24, 2.45) is 5.92 Å². The normalized spacial score (nSPS) is 18.1. The second-order valence-electron chi connectivity index (χ2n) is 10.9. The number of carbonyl (C=O) groups is 2. The van der Waals surface area contributed by atoms with Crippen molar-refractivity contribution < 1.29 is 32.6 Å². The van der Waals surface area contributed by atoms with Crippen LogP contribution in [0.2, 0.25) is 0 Å². The second kappa shape index (κ2) is 14.0. The van der Waals surface area contributed by atoms with Crippen molar-refractivity contribution in [3.8, 4) is 11.5 Å². The van der Waals surface area contributed by atoms with E-state index in [1.165, 1.54) is 30.6 Å². The highest BCUT2D eigenvalue weighted by Gasteiger charge is 2.33. The molecule has 11 heteroatoms. The first kappa shape index (κ1) is 32.0. The number of carbonyl (C=O) groups excluding carboxylic acids is 2. The van der Waals surface area contributed by atoms with Gasteiger partial charge in [-0.2, -0.15) is 4.31 Å². The van der Waals surface area contributed by atoms with Gasteiger partial charge in [-0.25, -0.2) is 8.42 Å². The first-order valence-corrected chi connectivity index (χ1v) is 15.6. The largest absolute Gasteiger partial charge is 0.497 e. The molecular formula is C32H39N3O7S. The Morgan fingerprint density at radius 3 is 2.49 bits per heavy atom. The average molecular weight is 610 g/mol. The number of likely N-dealkylation sites (N-methyl/N-ethyl adjacent to an activating group) is 1. The molecule has 2 amide bonds. The van der Waals surface area contributed by atoms with E-state index >= 15 is 0 Å². The number of rotatable bonds is 10. The van der Waals surface area contributed by atoms with Gasteiger partial charge in [0.2, 0.25) is 21.8 Å². The predicted molar refractivity (Wildman–Crippen MR) is 164 cm³/mol. The van der Waals surface area contributed by atoms with Crippen molar-refractivity contribution in [2.75, 3.05) is 39.2 Å². The highest BCUT2D eigenvalue weighted by atomic mass is 32.2. The number of anilines is 1. The quantitative estimate of drug-likeness (QED) is 0.361. The van der Waals surface area contributed by atoms with Crippen LogP contribution in [0.15, 0.2) is 77.7 Å². The first-order valence-electron chi connectivity index (χ1n) is 14.2. The molecule has 230 valence electrons. The summed E-state index contributed by atoms with van der Waals surface area (Å²) in [5, 5.41) is 12.8. The Morgan fingerprint density at radius 1 is 1.14 bits per heavy atom. The molecule has 0 saturated heterocycles. The molecule has 0 aromatic heterocycles. The zero-order chi connectivity index (χ0) is 31.1. The van der Waals surface area contributed by atoms with Gasteiger partial charge in [0.05, 0.1) is 44.0 Å². The van der Waals surface area contributed by atoms with E-state index in [0.29, 0.717) is 22.7 Å². The number of nitrogens with one attached hydrogen (secondary N) is 1. The number of amides is 2. The van der Waals surface area contributed by atoms with E-state index in [1.54, 1.807) is 42.2 Å². The number of ether oxygens (including phenoxy) is 2. The number of benzene rings is 3. The van der Waals surface area contributed by atoms with E-state index in [0.717, 1.165) is 5.56 Å². The van der Waals surface area contributed by atoms with Crippen molar-refractivity contribution in [1.29, 1.82) is 0 Å². The number of aliphatic hydroxyl groups excluding tert-OH is 1. The molecule has 0 bridgehead atoms. The molecule has 1 aliphatic heterocycles. The minimum Gasteiger partial charge on any atom is -0.497 e. The first-order chi connectivity index (χ1) is 20.5. The Morgan fingerprint density at radius 2 is 1.84 bits per heavy atom. The molecule has 0 radical (unpaired) electrons. The molecule has 43 heavy (non-hydrogen) atoms. The van der Waals surface area contributed by atoms with Crippen molar-refractivity contribution in [1.82, 2.24) is 9.21 Å². The van der Waals surface area contributed by atoms with Crippen LogP contribution < -0.4 is 14.8 Å². The summed E-state index contributed by atoms with van der Waals surface area (Å²) >= 11 is 0. The lowest BCUT2D eigenvalue weighted by Gasteiger charge is -2.33. The molecule has 0 unspecified atom stereocenters. The van der Waals surface area contributed by atoms with Gasteiger partial charge in [-0.3, -0.25) is 9.59 Å². The third-order valence-corrected chi connectivity index (χ3v) is 9.45. The summed E-state index contributed by atoms with van der Waals surface area (Å²) in [6, 6.07) is 20.2. The van der Waals surface area contributed by atoms with Crippen LogP contribution in [-0.2, 0) is 32.5 Å². The molecule has 0 spiro atoms. The molecule has 3 aromatic carbocycles. The summed E-state index contributed by atoms with van der Waals surface area (Å²) in [6.07, 6.45) is -0.444. The Bertz CT molecular complexity index is 1510. The molecule has 1 heterocycles. The fourth-order valence-electron chi connectivity index (χ4n) is 4.99. The Labute approximate surface area is 253 Å². The summed E-state index contributed by atoms with van der Waals surface area (Å²) in [5.41, 5.74) is 1.94. The predicted octanol–water partition coefficient (Wildman–Crippen LogP) is 3.35. The van der Waals surface area contributed by atoms with Crippen molar-refractivity contribution >= 4 is 27.5 Å². The zero-order valence-corrected chi connectivity index (χ0v) is 25.7. The molecule has 0 aliphatic carbocycles. The second-order valence-corrected chi connectivity index (χ2v) is 12.9. The molecule has 2 N–H and O–H groups in total. The summed E-state index contributed by atoms with van der Waals surface area (Å²) in [5.74, 6) is 0.284. The number of fused-ring (bicyclic) bond motifs is 1. The molecule has 10 nitrogen and oxygen atoms in total. The van der Waals surface area contributed by atoms with E-state index in [1.807, 2.05) is 37.3 Å². The summed E-state index contributed by atoms with van der Waals surface area (Å²) < 4.78 is 39.7. The molecule has 0 fully saturated rings. The standard InChI is InChI=1S/C32H39N3O7S/c1-22-19-35(23(2)21-36)32(38)18-25-17-26(33-31(37)16-24-8-6-5-7-9-24)10-15-29(25)42-30(22)20-34(3)43(39,40)28-13-11-27(41-4)12-14-28/h5-15,17,22-23,30,36H,16,18-21H2,1-4H3,(H,33,37)/t22-,23+,30+/m0/s1. The van der Waals surface area contributed by atoms with Gasteiger partial charge >= 0.3 is 0 Å². The van der Waals surface area contributed by atoms with Gasteiger partial charge < -0.3 is 24.8 Å². The number of nitrogens with zero attached hydrogens (tertiary/aromatic N) is 2. The summed E-state index contributed by atoms with van der Waals surface area (Å²) in [6.45, 7) is 3.71. The van der Waals surface area contributed by atoms with Crippen molar-refractivity contribution in [3.05, 3.63) is 83.9 Å². The fraction of sp³-hybridized carbons (Fsp3) is 0.375. The van der Waals surface area contributed by atoms with E-state index in [2.05, 4.69) is 5.32 Å². The summed E-state index contributed by atoms with van der Waals surface area (Å²) in [7, 11) is -0.851. The fourth-order valence-corrected chi connectivity index (χ4v) is 6.17. The van der Waals surface area contributed by atoms with Crippen LogP contribution in [0.5, 0.6) is 11.5 Å². The van der Waals surface area contributed by atoms with E-state index in [4.69, 9.17) is 9.47 Å². The number of aliphatic hydroxyl groups is 1. The summed E-state index contributed by atoms with van der Waals surface area (Å²) in [4.78, 5) is 27.9. The highest BCUT2D eigenvalue weighted by Crippen LogP contribution is 2.30. The zero-order valence-electron chi connectivity index (χ0n) is 24.9. The van der Waals surface area contributed by atoms with E-state index < -0.39 is 22.2 Å². The van der Waals surface area contributed by atoms with Crippen molar-refractivity contribution in [3.63, 3.8) is 0 Å². The lowest BCUT2D eigenvalue weighted by atomic mass is 10.0. The van der Waals surface area contributed by atoms with E-state index in [9.17, 15) is 23.1 Å². The molecule has 3 aromatic rings. The van der Waals surface area contributed by atoms with Gasteiger partial charge in [0.25, 0.3) is 0 Å². The molecule has 4 rings (SSSR count). The SMILES string of the molecule is COc1ccc(S(=O)(=O)N(C)C[C@H]2Oc3ccc(NC(=O)Cc4ccccc4)cc3CC(=O)N([C@H](C)CO)C[C@@H]2C)cc1. The molecular weight excluding hydrogens is 570 g/mol. The average Bonchev–Trinajstić information content (AvgIpc) is 3.04. The van der Waals surface area contributed by atoms with Crippen LogP contribution in [0.3, 0.4) is 0 Å².